The summed E-state index contributed by atoms with van der Waals surface area (Å²) < 4.78 is 34.6. The van der Waals surface area contributed by atoms with Crippen LogP contribution in [0.5, 0.6) is 0 Å². The Kier molecular flexibility index (Phi) is 14.3. The van der Waals surface area contributed by atoms with Crippen LogP contribution in [0.2, 0.25) is 0 Å². The number of ether oxygens (including phenoxy) is 2. The summed E-state index contributed by atoms with van der Waals surface area (Å²) in [6.45, 7) is 8.87. The van der Waals surface area contributed by atoms with Gasteiger partial charge in [0.25, 0.3) is 0 Å². The summed E-state index contributed by atoms with van der Waals surface area (Å²) in [5.74, 6) is -1.65. The molecule has 1 fully saturated rings. The zero-order valence-corrected chi connectivity index (χ0v) is 21.2. The predicted octanol–water partition coefficient (Wildman–Crippen LogP) is 3.27. The van der Waals surface area contributed by atoms with Crippen molar-refractivity contribution in [3.05, 3.63) is 0 Å². The first-order valence-electron chi connectivity index (χ1n) is 11.8. The molecule has 2 unspecified atom stereocenters. The van der Waals surface area contributed by atoms with Gasteiger partial charge in [-0.25, -0.2) is 9.59 Å². The number of Topliss-reactive ketones (excluding diaryl/α,β-unsaturated/α-hetero) is 1. The van der Waals surface area contributed by atoms with E-state index in [1.165, 1.54) is 4.90 Å². The van der Waals surface area contributed by atoms with E-state index in [0.717, 1.165) is 19.3 Å². The van der Waals surface area contributed by atoms with E-state index < -0.39 is 37.4 Å². The zero-order valence-electron chi connectivity index (χ0n) is 20.3. The fourth-order valence-corrected chi connectivity index (χ4v) is 5.05. The highest BCUT2D eigenvalue weighted by molar-refractivity contribution is 7.54. The number of nitrogens with zero attached hydrogens (tertiary/aromatic N) is 1. The number of unbranched alkanes of at least 4 members (excludes halogenated alkanes) is 2. The van der Waals surface area contributed by atoms with Crippen LogP contribution in [0, 0.1) is 0 Å². The molecular formula is C21H40N3O8P. The molecule has 0 saturated carbocycles. The number of nitrogens with one attached hydrogen (secondary N) is 2. The molecule has 0 aliphatic carbocycles. The summed E-state index contributed by atoms with van der Waals surface area (Å²) in [5, 5.41) is 5.58. The molecule has 1 aliphatic rings. The molecule has 0 aromatic heterocycles. The van der Waals surface area contributed by atoms with Crippen molar-refractivity contribution in [2.24, 2.45) is 0 Å². The van der Waals surface area contributed by atoms with Crippen molar-refractivity contribution in [2.45, 2.75) is 71.6 Å². The average Bonchev–Trinajstić information content (AvgIpc) is 2.79. The number of piperazine rings is 1. The molecule has 2 N–H and O–H groups in total. The largest absolute Gasteiger partial charge is 0.450 e. The van der Waals surface area contributed by atoms with Gasteiger partial charge in [0.1, 0.15) is 11.8 Å². The highest BCUT2D eigenvalue weighted by Gasteiger charge is 2.42. The SMILES string of the molecule is CCCCOC(=O)NC(CC(=O)C1CNCCN1C(=O)OCCCC)P(=O)(OCC)OCC. The van der Waals surface area contributed by atoms with Crippen LogP contribution < -0.4 is 10.6 Å². The van der Waals surface area contributed by atoms with Crippen LogP contribution in [-0.2, 0) is 27.9 Å². The van der Waals surface area contributed by atoms with Crippen molar-refractivity contribution >= 4 is 25.6 Å². The minimum atomic E-state index is -3.88. The Morgan fingerprint density at radius 1 is 1.03 bits per heavy atom. The van der Waals surface area contributed by atoms with Crippen LogP contribution in [-0.4, -0.2) is 80.8 Å². The molecule has 0 bridgehead atoms. The Hall–Kier alpha value is -1.68. The number of hydrogen-bond donors (Lipinski definition) is 2. The lowest BCUT2D eigenvalue weighted by Crippen LogP contribution is -2.58. The number of alkyl carbamates (subject to hydrolysis) is 1. The number of carbonyl (C=O) groups is 3. The van der Waals surface area contributed by atoms with Crippen LogP contribution in [0.4, 0.5) is 9.59 Å². The third-order valence-corrected chi connectivity index (χ3v) is 7.29. The maximum absolute atomic E-state index is 13.4. The van der Waals surface area contributed by atoms with Gasteiger partial charge < -0.3 is 29.2 Å². The number of ketones is 1. The van der Waals surface area contributed by atoms with Gasteiger partial charge in [-0.05, 0) is 26.7 Å². The van der Waals surface area contributed by atoms with Gasteiger partial charge in [-0.15, -0.1) is 0 Å². The first kappa shape index (κ1) is 29.4. The highest BCUT2D eigenvalue weighted by Crippen LogP contribution is 2.53. The third kappa shape index (κ3) is 10.00. The van der Waals surface area contributed by atoms with E-state index in [0.29, 0.717) is 19.5 Å². The smallest absolute Gasteiger partial charge is 0.410 e. The molecule has 0 aromatic carbocycles. The van der Waals surface area contributed by atoms with Crippen LogP contribution in [0.25, 0.3) is 0 Å². The Labute approximate surface area is 196 Å². The lowest BCUT2D eigenvalue weighted by atomic mass is 10.1. The Morgan fingerprint density at radius 3 is 2.21 bits per heavy atom. The summed E-state index contributed by atoms with van der Waals surface area (Å²) in [6, 6.07) is -0.829. The first-order chi connectivity index (χ1) is 15.8. The van der Waals surface area contributed by atoms with Crippen molar-refractivity contribution < 1.29 is 37.5 Å². The average molecular weight is 494 g/mol. The van der Waals surface area contributed by atoms with Gasteiger partial charge in [0, 0.05) is 26.1 Å². The van der Waals surface area contributed by atoms with Gasteiger partial charge in [0.05, 0.1) is 26.4 Å². The standard InChI is InChI=1S/C21H40N3O8P/c1-5-9-13-29-20(26)23-19(33(28,31-7-3)32-8-4)15-18(25)17-16-22-11-12-24(17)21(27)30-14-10-6-2/h17,19,22H,5-16H2,1-4H3,(H,23,26). The summed E-state index contributed by atoms with van der Waals surface area (Å²) in [6.07, 6.45) is 1.39. The van der Waals surface area contributed by atoms with Crippen molar-refractivity contribution in [1.29, 1.82) is 0 Å². The number of hydrogen-bond acceptors (Lipinski definition) is 9. The van der Waals surface area contributed by atoms with Crippen LogP contribution in [0.1, 0.15) is 59.8 Å². The Balaban J connectivity index is 2.99. The van der Waals surface area contributed by atoms with Gasteiger partial charge in [0.2, 0.25) is 0 Å². The number of carbonyl (C=O) groups excluding carboxylic acids is 3. The summed E-state index contributed by atoms with van der Waals surface area (Å²) >= 11 is 0. The van der Waals surface area contributed by atoms with Gasteiger partial charge in [-0.3, -0.25) is 14.3 Å². The molecule has 33 heavy (non-hydrogen) atoms. The van der Waals surface area contributed by atoms with Crippen molar-refractivity contribution in [2.75, 3.05) is 46.1 Å². The van der Waals surface area contributed by atoms with Gasteiger partial charge >= 0.3 is 19.8 Å². The molecule has 1 rings (SSSR count). The zero-order chi connectivity index (χ0) is 24.7. The molecule has 0 spiro atoms. The first-order valence-corrected chi connectivity index (χ1v) is 13.4. The maximum Gasteiger partial charge on any atom is 0.410 e. The van der Waals surface area contributed by atoms with Crippen LogP contribution >= 0.6 is 7.60 Å². The molecule has 0 radical (unpaired) electrons. The minimum Gasteiger partial charge on any atom is -0.450 e. The monoisotopic (exact) mass is 493 g/mol. The van der Waals surface area contributed by atoms with E-state index in [1.807, 2.05) is 13.8 Å². The maximum atomic E-state index is 13.4. The van der Waals surface area contributed by atoms with E-state index in [1.54, 1.807) is 13.8 Å². The molecule has 1 heterocycles. The molecule has 11 nitrogen and oxygen atoms in total. The Morgan fingerprint density at radius 2 is 1.64 bits per heavy atom. The van der Waals surface area contributed by atoms with Gasteiger partial charge in [-0.2, -0.15) is 0 Å². The molecular weight excluding hydrogens is 453 g/mol. The normalized spacial score (nSPS) is 17.3. The summed E-state index contributed by atoms with van der Waals surface area (Å²) in [7, 11) is -3.88. The molecule has 0 aromatic rings. The second-order valence-electron chi connectivity index (χ2n) is 7.58. The lowest BCUT2D eigenvalue weighted by Gasteiger charge is -2.35. The van der Waals surface area contributed by atoms with Crippen LogP contribution in [0.3, 0.4) is 0 Å². The van der Waals surface area contributed by atoms with Crippen molar-refractivity contribution in [3.8, 4) is 0 Å². The van der Waals surface area contributed by atoms with Crippen molar-refractivity contribution in [3.63, 3.8) is 0 Å². The van der Waals surface area contributed by atoms with E-state index in [4.69, 9.17) is 18.5 Å². The highest BCUT2D eigenvalue weighted by atomic mass is 31.2. The topological polar surface area (TPSA) is 132 Å². The van der Waals surface area contributed by atoms with Crippen molar-refractivity contribution in [1.82, 2.24) is 15.5 Å². The summed E-state index contributed by atoms with van der Waals surface area (Å²) in [5.41, 5.74) is 0. The fraction of sp³-hybridized carbons (Fsp3) is 0.857. The number of rotatable bonds is 15. The van der Waals surface area contributed by atoms with Crippen LogP contribution in [0.15, 0.2) is 0 Å². The summed E-state index contributed by atoms with van der Waals surface area (Å²) in [4.78, 5) is 39.4. The van der Waals surface area contributed by atoms with E-state index >= 15 is 0 Å². The minimum absolute atomic E-state index is 0.0649. The number of amides is 2. The second kappa shape index (κ2) is 16.0. The second-order valence-corrected chi connectivity index (χ2v) is 9.80. The van der Waals surface area contributed by atoms with Gasteiger partial charge in [0.15, 0.2) is 5.78 Å². The third-order valence-electron chi connectivity index (χ3n) is 4.98. The molecule has 192 valence electrons. The van der Waals surface area contributed by atoms with E-state index in [2.05, 4.69) is 10.6 Å². The van der Waals surface area contributed by atoms with E-state index in [9.17, 15) is 18.9 Å². The lowest BCUT2D eigenvalue weighted by molar-refractivity contribution is -0.124. The van der Waals surface area contributed by atoms with Gasteiger partial charge in [-0.1, -0.05) is 26.7 Å². The molecule has 12 heteroatoms. The Bertz CT molecular complexity index is 653. The van der Waals surface area contributed by atoms with E-state index in [-0.39, 0.29) is 39.4 Å². The molecule has 1 saturated heterocycles. The molecule has 1 aliphatic heterocycles. The predicted molar refractivity (Wildman–Crippen MR) is 123 cm³/mol. The molecule has 2 atom stereocenters. The quantitative estimate of drug-likeness (QED) is 0.260. The molecule has 2 amide bonds. The fourth-order valence-electron chi connectivity index (χ4n) is 3.23.